The van der Waals surface area contributed by atoms with E-state index in [2.05, 4.69) is 20.7 Å². The van der Waals surface area contributed by atoms with Crippen LogP contribution < -0.4 is 10.1 Å². The average molecular weight is 558 g/mol. The van der Waals surface area contributed by atoms with Crippen LogP contribution >= 0.6 is 23.1 Å². The Kier molecular flexibility index (Phi) is 7.16. The van der Waals surface area contributed by atoms with Crippen molar-refractivity contribution in [1.29, 1.82) is 0 Å². The Morgan fingerprint density at radius 3 is 2.74 bits per heavy atom. The fourth-order valence-corrected chi connectivity index (χ4v) is 6.29. The quantitative estimate of drug-likeness (QED) is 0.251. The highest BCUT2D eigenvalue weighted by Crippen LogP contribution is 2.38. The Morgan fingerprint density at radius 2 is 1.95 bits per heavy atom. The van der Waals surface area contributed by atoms with Gasteiger partial charge in [-0.3, -0.25) is 4.79 Å². The van der Waals surface area contributed by atoms with Crippen molar-refractivity contribution < 1.29 is 9.53 Å². The number of nitrogens with one attached hydrogen (secondary N) is 1. The van der Waals surface area contributed by atoms with E-state index in [1.807, 2.05) is 65.2 Å². The number of aryl methyl sites for hydroxylation is 1. The molecule has 0 bridgehead atoms. The van der Waals surface area contributed by atoms with Gasteiger partial charge < -0.3 is 19.5 Å². The molecule has 0 radical (unpaired) electrons. The molecule has 39 heavy (non-hydrogen) atoms. The standard InChI is InChI=1S/C28H27N7O2S2/c1-18(36)35-12-9-19(10-13-35)22-16-38-28(32-22)33-26-23(37-20-6-4-3-5-7-20)14-21(15-30-26)39-24-8-11-29-27-25(24)31-17-34(27)2/h3-8,11,14-17,19H,9-10,12-13H2,1-2H3,(H,30,32,33). The number of fused-ring (bicyclic) bond motifs is 1. The maximum atomic E-state index is 11.7. The van der Waals surface area contributed by atoms with E-state index in [0.717, 1.165) is 63.5 Å². The molecule has 11 heteroatoms. The molecule has 0 spiro atoms. The second kappa shape index (κ2) is 11.0. The fourth-order valence-electron chi connectivity index (χ4n) is 4.61. The minimum absolute atomic E-state index is 0.140. The van der Waals surface area contributed by atoms with Gasteiger partial charge in [-0.1, -0.05) is 30.0 Å². The molecular weight excluding hydrogens is 530 g/mol. The largest absolute Gasteiger partial charge is 0.453 e. The number of aromatic nitrogens is 5. The summed E-state index contributed by atoms with van der Waals surface area (Å²) < 4.78 is 8.18. The monoisotopic (exact) mass is 557 g/mol. The maximum absolute atomic E-state index is 11.7. The zero-order chi connectivity index (χ0) is 26.8. The number of rotatable bonds is 7. The first-order chi connectivity index (χ1) is 19.0. The van der Waals surface area contributed by atoms with Crippen LogP contribution in [0.4, 0.5) is 10.9 Å². The summed E-state index contributed by atoms with van der Waals surface area (Å²) in [7, 11) is 1.93. The molecule has 0 unspecified atom stereocenters. The van der Waals surface area contributed by atoms with Crippen molar-refractivity contribution >= 4 is 51.1 Å². The zero-order valence-electron chi connectivity index (χ0n) is 21.6. The molecule has 1 fully saturated rings. The van der Waals surface area contributed by atoms with Gasteiger partial charge in [0.25, 0.3) is 0 Å². The summed E-state index contributed by atoms with van der Waals surface area (Å²) in [5.74, 6) is 2.40. The topological polar surface area (TPSA) is 98.1 Å². The third-order valence-electron chi connectivity index (χ3n) is 6.69. The van der Waals surface area contributed by atoms with E-state index in [1.54, 1.807) is 42.5 Å². The van der Waals surface area contributed by atoms with Gasteiger partial charge in [0, 0.05) is 66.6 Å². The Balaban J connectivity index is 1.24. The lowest BCUT2D eigenvalue weighted by atomic mass is 9.94. The molecule has 0 saturated carbocycles. The molecule has 1 aromatic carbocycles. The molecule has 0 aliphatic carbocycles. The molecule has 1 amide bonds. The SMILES string of the molecule is CC(=O)N1CCC(c2csc(Nc3ncc(Sc4ccnc5c4ncn5C)cc3Oc3ccccc3)n2)CC1. The van der Waals surface area contributed by atoms with Crippen LogP contribution in [0.25, 0.3) is 11.2 Å². The van der Waals surface area contributed by atoms with E-state index in [0.29, 0.717) is 17.5 Å². The lowest BCUT2D eigenvalue weighted by Crippen LogP contribution is -2.36. The van der Waals surface area contributed by atoms with Gasteiger partial charge in [-0.25, -0.2) is 19.9 Å². The molecule has 0 atom stereocenters. The number of benzene rings is 1. The number of para-hydroxylation sites is 1. The summed E-state index contributed by atoms with van der Waals surface area (Å²) in [4.78, 5) is 34.0. The van der Waals surface area contributed by atoms with Gasteiger partial charge in [0.15, 0.2) is 22.3 Å². The summed E-state index contributed by atoms with van der Waals surface area (Å²) in [6.07, 6.45) is 7.24. The summed E-state index contributed by atoms with van der Waals surface area (Å²) in [5.41, 5.74) is 2.74. The summed E-state index contributed by atoms with van der Waals surface area (Å²) >= 11 is 3.12. The highest BCUT2D eigenvalue weighted by atomic mass is 32.2. The van der Waals surface area contributed by atoms with E-state index in [1.165, 1.54) is 0 Å². The van der Waals surface area contributed by atoms with Crippen molar-refractivity contribution in [2.24, 2.45) is 7.05 Å². The molecule has 1 aliphatic heterocycles. The van der Waals surface area contributed by atoms with E-state index in [4.69, 9.17) is 14.7 Å². The van der Waals surface area contributed by atoms with E-state index >= 15 is 0 Å². The predicted molar refractivity (Wildman–Crippen MR) is 153 cm³/mol. The predicted octanol–water partition coefficient (Wildman–Crippen LogP) is 6.23. The Bertz CT molecular complexity index is 1610. The number of imidazole rings is 1. The van der Waals surface area contributed by atoms with E-state index in [-0.39, 0.29) is 5.91 Å². The molecule has 4 aromatic heterocycles. The van der Waals surface area contributed by atoms with E-state index in [9.17, 15) is 4.79 Å². The number of carbonyl (C=O) groups is 1. The number of piperidine rings is 1. The molecule has 5 heterocycles. The zero-order valence-corrected chi connectivity index (χ0v) is 23.2. The number of amides is 1. The number of likely N-dealkylation sites (tertiary alicyclic amines) is 1. The second-order valence-corrected chi connectivity index (χ2v) is 11.3. The minimum atomic E-state index is 0.140. The van der Waals surface area contributed by atoms with Gasteiger partial charge in [0.2, 0.25) is 5.91 Å². The number of thiazole rings is 1. The summed E-state index contributed by atoms with van der Waals surface area (Å²) in [6, 6.07) is 13.6. The van der Waals surface area contributed by atoms with Crippen LogP contribution in [0.1, 0.15) is 31.4 Å². The summed E-state index contributed by atoms with van der Waals surface area (Å²) in [6.45, 7) is 3.18. The van der Waals surface area contributed by atoms with Gasteiger partial charge in [-0.05, 0) is 31.0 Å². The molecule has 1 saturated heterocycles. The van der Waals surface area contributed by atoms with E-state index < -0.39 is 0 Å². The van der Waals surface area contributed by atoms with Crippen molar-refractivity contribution in [2.75, 3.05) is 18.4 Å². The fraction of sp³-hybridized carbons (Fsp3) is 0.250. The number of hydrogen-bond donors (Lipinski definition) is 1. The van der Waals surface area contributed by atoms with Crippen LogP contribution in [0, 0.1) is 0 Å². The van der Waals surface area contributed by atoms with Crippen molar-refractivity contribution in [3.8, 4) is 11.5 Å². The van der Waals surface area contributed by atoms with Crippen LogP contribution in [0.3, 0.4) is 0 Å². The van der Waals surface area contributed by atoms with Gasteiger partial charge in [-0.15, -0.1) is 11.3 Å². The molecule has 198 valence electrons. The molecule has 9 nitrogen and oxygen atoms in total. The minimum Gasteiger partial charge on any atom is -0.453 e. The van der Waals surface area contributed by atoms with Crippen molar-refractivity contribution in [3.63, 3.8) is 0 Å². The molecule has 1 N–H and O–H groups in total. The van der Waals surface area contributed by atoms with Gasteiger partial charge in [0.1, 0.15) is 11.3 Å². The molecule has 1 aliphatic rings. The number of nitrogens with zero attached hydrogens (tertiary/aromatic N) is 6. The van der Waals surface area contributed by atoms with Crippen molar-refractivity contribution in [1.82, 2.24) is 29.4 Å². The molecular formula is C28H27N7O2S2. The van der Waals surface area contributed by atoms with Gasteiger partial charge in [0.05, 0.1) is 12.0 Å². The third-order valence-corrected chi connectivity index (χ3v) is 8.48. The van der Waals surface area contributed by atoms with Crippen molar-refractivity contribution in [3.05, 3.63) is 72.3 Å². The highest BCUT2D eigenvalue weighted by molar-refractivity contribution is 7.99. The van der Waals surface area contributed by atoms with Crippen LogP contribution in [0.15, 0.2) is 76.4 Å². The smallest absolute Gasteiger partial charge is 0.219 e. The van der Waals surface area contributed by atoms with Crippen LogP contribution in [0.2, 0.25) is 0 Å². The first kappa shape index (κ1) is 25.3. The number of anilines is 2. The lowest BCUT2D eigenvalue weighted by Gasteiger charge is -2.30. The second-order valence-electron chi connectivity index (χ2n) is 9.35. The summed E-state index contributed by atoms with van der Waals surface area (Å²) in [5, 5.41) is 6.23. The number of ether oxygens (including phenoxy) is 1. The Morgan fingerprint density at radius 1 is 1.13 bits per heavy atom. The normalized spacial score (nSPS) is 14.1. The van der Waals surface area contributed by atoms with Gasteiger partial charge >= 0.3 is 0 Å². The van der Waals surface area contributed by atoms with Crippen LogP contribution in [-0.4, -0.2) is 48.4 Å². The number of hydrogen-bond acceptors (Lipinski definition) is 9. The Labute approximate surface area is 234 Å². The molecule has 5 aromatic rings. The van der Waals surface area contributed by atoms with Crippen LogP contribution in [0.5, 0.6) is 11.5 Å². The van der Waals surface area contributed by atoms with Gasteiger partial charge in [-0.2, -0.15) is 0 Å². The first-order valence-corrected chi connectivity index (χ1v) is 14.4. The third kappa shape index (κ3) is 5.59. The average Bonchev–Trinajstić information content (AvgIpc) is 3.58. The number of pyridine rings is 2. The van der Waals surface area contributed by atoms with Crippen LogP contribution in [-0.2, 0) is 11.8 Å². The molecule has 6 rings (SSSR count). The lowest BCUT2D eigenvalue weighted by molar-refractivity contribution is -0.129. The highest BCUT2D eigenvalue weighted by Gasteiger charge is 2.24. The number of carbonyl (C=O) groups excluding carboxylic acids is 1. The maximum Gasteiger partial charge on any atom is 0.219 e. The first-order valence-electron chi connectivity index (χ1n) is 12.7. The Hall–Kier alpha value is -3.96. The van der Waals surface area contributed by atoms with Crippen molar-refractivity contribution in [2.45, 2.75) is 35.5 Å².